The first kappa shape index (κ1) is 18.3. The summed E-state index contributed by atoms with van der Waals surface area (Å²) >= 11 is 0. The Hall–Kier alpha value is -1.04. The van der Waals surface area contributed by atoms with Crippen LogP contribution in [0, 0.1) is 11.8 Å². The molecule has 0 radical (unpaired) electrons. The number of esters is 1. The van der Waals surface area contributed by atoms with Crippen molar-refractivity contribution in [2.45, 2.75) is 64.3 Å². The Labute approximate surface area is 140 Å². The summed E-state index contributed by atoms with van der Waals surface area (Å²) in [5.74, 6) is 0.901. The number of fused-ring (bicyclic) bond motifs is 2. The van der Waals surface area contributed by atoms with Crippen molar-refractivity contribution >= 4 is 20.1 Å². The van der Waals surface area contributed by atoms with Gasteiger partial charge in [0.05, 0.1) is 13.2 Å². The van der Waals surface area contributed by atoms with E-state index >= 15 is 0 Å². The fourth-order valence-corrected chi connectivity index (χ4v) is 4.46. The monoisotopic (exact) mass is 341 g/mol. The highest BCUT2D eigenvalue weighted by atomic mass is 28.3. The van der Waals surface area contributed by atoms with Crippen LogP contribution in [0.5, 0.6) is 0 Å². The number of carbonyl (C=O) groups excluding carboxylic acids is 2. The minimum atomic E-state index is -1.19. The van der Waals surface area contributed by atoms with E-state index in [0.717, 1.165) is 19.0 Å². The van der Waals surface area contributed by atoms with Crippen molar-refractivity contribution < 1.29 is 19.1 Å². The number of amides is 1. The summed E-state index contributed by atoms with van der Waals surface area (Å²) in [6.45, 7) is 9.98. The van der Waals surface area contributed by atoms with Crippen molar-refractivity contribution in [2.75, 3.05) is 19.8 Å². The zero-order valence-electron chi connectivity index (χ0n) is 15.0. The van der Waals surface area contributed by atoms with Crippen LogP contribution in [-0.2, 0) is 14.3 Å². The molecule has 0 aromatic heterocycles. The molecule has 2 rings (SSSR count). The van der Waals surface area contributed by atoms with Crippen molar-refractivity contribution in [2.24, 2.45) is 11.8 Å². The summed E-state index contributed by atoms with van der Waals surface area (Å²) in [6.07, 6.45) is 4.12. The van der Waals surface area contributed by atoms with E-state index in [1.54, 1.807) is 0 Å². The molecule has 0 spiro atoms. The third kappa shape index (κ3) is 5.51. The summed E-state index contributed by atoms with van der Waals surface area (Å²) in [7, 11) is -1.19. The third-order valence-electron chi connectivity index (χ3n) is 5.01. The molecule has 23 heavy (non-hydrogen) atoms. The van der Waals surface area contributed by atoms with Crippen LogP contribution in [0.2, 0.25) is 25.7 Å². The first-order chi connectivity index (χ1) is 10.8. The van der Waals surface area contributed by atoms with E-state index in [1.165, 1.54) is 26.2 Å². The van der Waals surface area contributed by atoms with Crippen molar-refractivity contribution in [1.29, 1.82) is 0 Å². The summed E-state index contributed by atoms with van der Waals surface area (Å²) in [5, 5.41) is 0. The molecular weight excluding hydrogens is 310 g/mol. The highest BCUT2D eigenvalue weighted by Crippen LogP contribution is 2.41. The van der Waals surface area contributed by atoms with Crippen LogP contribution in [0.1, 0.15) is 32.6 Å². The maximum Gasteiger partial charge on any atom is 0.410 e. The lowest BCUT2D eigenvalue weighted by molar-refractivity contribution is -0.141. The number of carbonyl (C=O) groups is 2. The predicted molar refractivity (Wildman–Crippen MR) is 92.1 cm³/mol. The molecule has 2 bridgehead atoms. The lowest BCUT2D eigenvalue weighted by Gasteiger charge is -2.39. The van der Waals surface area contributed by atoms with Gasteiger partial charge < -0.3 is 14.4 Å². The van der Waals surface area contributed by atoms with Gasteiger partial charge in [-0.15, -0.1) is 0 Å². The second-order valence-corrected chi connectivity index (χ2v) is 13.8. The van der Waals surface area contributed by atoms with Gasteiger partial charge in [-0.05, 0) is 37.1 Å². The minimum Gasteiger partial charge on any atom is -0.466 e. The maximum atomic E-state index is 12.5. The van der Waals surface area contributed by atoms with Crippen LogP contribution in [0.3, 0.4) is 0 Å². The van der Waals surface area contributed by atoms with Crippen molar-refractivity contribution in [1.82, 2.24) is 4.90 Å². The van der Waals surface area contributed by atoms with E-state index in [-0.39, 0.29) is 18.1 Å². The van der Waals surface area contributed by atoms with Gasteiger partial charge >= 0.3 is 12.1 Å². The van der Waals surface area contributed by atoms with Crippen LogP contribution < -0.4 is 0 Å². The van der Waals surface area contributed by atoms with Gasteiger partial charge in [-0.2, -0.15) is 0 Å². The number of likely N-dealkylation sites (tertiary alicyclic amines) is 1. The Bertz CT molecular complexity index is 435. The van der Waals surface area contributed by atoms with E-state index in [2.05, 4.69) is 19.6 Å². The summed E-state index contributed by atoms with van der Waals surface area (Å²) in [4.78, 5) is 25.4. The first-order valence-electron chi connectivity index (χ1n) is 8.83. The second-order valence-electron chi connectivity index (χ2n) is 8.21. The van der Waals surface area contributed by atoms with Crippen LogP contribution in [0.4, 0.5) is 4.79 Å². The Morgan fingerprint density at radius 1 is 1.13 bits per heavy atom. The predicted octanol–water partition coefficient (Wildman–Crippen LogP) is 3.51. The number of rotatable bonds is 6. The third-order valence-corrected chi connectivity index (χ3v) is 6.72. The Kier molecular flexibility index (Phi) is 6.11. The molecule has 2 fully saturated rings. The number of ether oxygens (including phenoxy) is 2. The summed E-state index contributed by atoms with van der Waals surface area (Å²) < 4.78 is 10.6. The molecule has 6 heteroatoms. The number of hydrogen-bond donors (Lipinski definition) is 0. The van der Waals surface area contributed by atoms with Gasteiger partial charge in [0.15, 0.2) is 0 Å². The van der Waals surface area contributed by atoms with Gasteiger partial charge in [0.1, 0.15) is 0 Å². The zero-order valence-corrected chi connectivity index (χ0v) is 16.0. The highest BCUT2D eigenvalue weighted by molar-refractivity contribution is 6.76. The van der Waals surface area contributed by atoms with Crippen LogP contribution in [0.25, 0.3) is 0 Å². The van der Waals surface area contributed by atoms with Gasteiger partial charge in [-0.1, -0.05) is 19.6 Å². The first-order valence-corrected chi connectivity index (χ1v) is 12.5. The molecule has 2 aliphatic rings. The van der Waals surface area contributed by atoms with Gasteiger partial charge in [0, 0.05) is 34.0 Å². The quantitative estimate of drug-likeness (QED) is 0.548. The van der Waals surface area contributed by atoms with Crippen molar-refractivity contribution in [3.05, 3.63) is 0 Å². The molecule has 0 N–H and O–H groups in total. The van der Waals surface area contributed by atoms with Crippen LogP contribution in [-0.4, -0.2) is 50.8 Å². The fourth-order valence-electron chi connectivity index (χ4n) is 3.75. The number of piperidine rings is 1. The minimum absolute atomic E-state index is 0.160. The highest BCUT2D eigenvalue weighted by Gasteiger charge is 2.42. The molecule has 1 heterocycles. The van der Waals surface area contributed by atoms with Gasteiger partial charge in [0.2, 0.25) is 0 Å². The van der Waals surface area contributed by atoms with E-state index in [0.29, 0.717) is 25.0 Å². The molecular formula is C17H31NO4Si. The molecule has 1 saturated carbocycles. The standard InChI is InChI=1S/C17H31NO4Si/c1-13(19)21-8-7-16-15-6-5-14(11-15)12-18(16)17(20)22-9-10-23(2,3)4/h14-16H,5-12H2,1-4H3/t14-,15+,16+/m0/s1. The molecule has 132 valence electrons. The molecule has 5 nitrogen and oxygen atoms in total. The molecule has 0 aromatic carbocycles. The average Bonchev–Trinajstić information content (AvgIpc) is 2.82. The topological polar surface area (TPSA) is 55.8 Å². The normalized spacial score (nSPS) is 27.0. The van der Waals surface area contributed by atoms with Crippen LogP contribution in [0.15, 0.2) is 0 Å². The largest absolute Gasteiger partial charge is 0.466 e. The van der Waals surface area contributed by atoms with E-state index < -0.39 is 8.07 Å². The lowest BCUT2D eigenvalue weighted by atomic mass is 9.89. The second kappa shape index (κ2) is 7.68. The zero-order chi connectivity index (χ0) is 17.0. The van der Waals surface area contributed by atoms with Crippen molar-refractivity contribution in [3.8, 4) is 0 Å². The Morgan fingerprint density at radius 2 is 1.87 bits per heavy atom. The van der Waals surface area contributed by atoms with Crippen LogP contribution >= 0.6 is 0 Å². The van der Waals surface area contributed by atoms with Gasteiger partial charge in [-0.25, -0.2) is 4.79 Å². The molecule has 0 aromatic rings. The number of nitrogens with zero attached hydrogens (tertiary/aromatic N) is 1. The van der Waals surface area contributed by atoms with Gasteiger partial charge in [-0.3, -0.25) is 4.79 Å². The SMILES string of the molecule is CC(=O)OCC[C@@H]1[C@@H]2CC[C@@H](C2)CN1C(=O)OCC[Si](C)(C)C. The molecule has 0 unspecified atom stereocenters. The van der Waals surface area contributed by atoms with E-state index in [9.17, 15) is 9.59 Å². The lowest BCUT2D eigenvalue weighted by Crippen LogP contribution is -2.49. The van der Waals surface area contributed by atoms with E-state index in [4.69, 9.17) is 9.47 Å². The molecule has 1 amide bonds. The van der Waals surface area contributed by atoms with E-state index in [1.807, 2.05) is 4.90 Å². The number of hydrogen-bond acceptors (Lipinski definition) is 4. The fraction of sp³-hybridized carbons (Fsp3) is 0.882. The molecule has 1 aliphatic carbocycles. The molecule has 1 saturated heterocycles. The average molecular weight is 342 g/mol. The Morgan fingerprint density at radius 3 is 2.52 bits per heavy atom. The molecule has 3 atom stereocenters. The van der Waals surface area contributed by atoms with Crippen molar-refractivity contribution in [3.63, 3.8) is 0 Å². The maximum absolute atomic E-state index is 12.5. The summed E-state index contributed by atoms with van der Waals surface area (Å²) in [5.41, 5.74) is 0. The molecule has 1 aliphatic heterocycles. The summed E-state index contributed by atoms with van der Waals surface area (Å²) in [6, 6.07) is 1.16. The smallest absolute Gasteiger partial charge is 0.410 e. The van der Waals surface area contributed by atoms with Gasteiger partial charge in [0.25, 0.3) is 0 Å². The Balaban J connectivity index is 1.90.